The summed E-state index contributed by atoms with van der Waals surface area (Å²) in [6, 6.07) is 16.0. The number of allylic oxidation sites excluding steroid dienone is 1. The largest absolute Gasteiger partial charge is 0.284 e. The Labute approximate surface area is 171 Å². The highest BCUT2D eigenvalue weighted by Crippen LogP contribution is 2.39. The zero-order valence-corrected chi connectivity index (χ0v) is 18.5. The summed E-state index contributed by atoms with van der Waals surface area (Å²) in [5, 5.41) is 0. The minimum absolute atomic E-state index is 0.107. The molecule has 0 radical (unpaired) electrons. The Bertz CT molecular complexity index is 912. The summed E-state index contributed by atoms with van der Waals surface area (Å²) in [4.78, 5) is 4.92. The molecule has 1 nitrogen and oxygen atoms in total. The van der Waals surface area contributed by atoms with Crippen LogP contribution in [0.4, 0.5) is 0 Å². The molecule has 28 heavy (non-hydrogen) atoms. The summed E-state index contributed by atoms with van der Waals surface area (Å²) in [7, 11) is 0. The molecule has 148 valence electrons. The molecule has 0 aliphatic carbocycles. The van der Waals surface area contributed by atoms with Gasteiger partial charge in [-0.15, -0.1) is 0 Å². The van der Waals surface area contributed by atoms with Crippen molar-refractivity contribution in [1.29, 1.82) is 0 Å². The molecule has 0 fully saturated rings. The van der Waals surface area contributed by atoms with Gasteiger partial charge in [-0.1, -0.05) is 76.6 Å². The Morgan fingerprint density at radius 1 is 0.964 bits per heavy atom. The fourth-order valence-electron chi connectivity index (χ4n) is 4.40. The standard InChI is InChI=1S/C27H35N/c1-7-9-12-22-17-21(8-2)15-16-23(22)24-13-10-11-14-25(24)27(5,6)26-20(4)19(3)18-28-26/h10-11,13-17H,7-9,12,18H2,1-6H3. The van der Waals surface area contributed by atoms with Gasteiger partial charge in [-0.3, -0.25) is 4.99 Å². The molecule has 0 saturated carbocycles. The average Bonchev–Trinajstić information content (AvgIpc) is 3.05. The predicted molar refractivity (Wildman–Crippen MR) is 124 cm³/mol. The summed E-state index contributed by atoms with van der Waals surface area (Å²) in [5.41, 5.74) is 11.0. The highest BCUT2D eigenvalue weighted by molar-refractivity contribution is 6.09. The quantitative estimate of drug-likeness (QED) is 0.482. The van der Waals surface area contributed by atoms with Gasteiger partial charge in [-0.05, 0) is 72.1 Å². The smallest absolute Gasteiger partial charge is 0.0606 e. The Kier molecular flexibility index (Phi) is 6.23. The van der Waals surface area contributed by atoms with Crippen molar-refractivity contribution in [2.45, 2.75) is 72.6 Å². The molecule has 2 aromatic rings. The van der Waals surface area contributed by atoms with E-state index in [9.17, 15) is 0 Å². The van der Waals surface area contributed by atoms with Crippen LogP contribution in [0.15, 0.2) is 58.6 Å². The van der Waals surface area contributed by atoms with E-state index >= 15 is 0 Å². The molecule has 1 aliphatic rings. The number of unbranched alkanes of at least 4 members (excludes halogenated alkanes) is 1. The summed E-state index contributed by atoms with van der Waals surface area (Å²) in [6.07, 6.45) is 4.70. The van der Waals surface area contributed by atoms with Crippen molar-refractivity contribution >= 4 is 5.71 Å². The predicted octanol–water partition coefficient (Wildman–Crippen LogP) is 7.33. The maximum absolute atomic E-state index is 4.92. The van der Waals surface area contributed by atoms with E-state index in [4.69, 9.17) is 4.99 Å². The zero-order valence-electron chi connectivity index (χ0n) is 18.5. The first-order valence-electron chi connectivity index (χ1n) is 10.8. The van der Waals surface area contributed by atoms with E-state index in [1.165, 1.54) is 57.5 Å². The lowest BCUT2D eigenvalue weighted by Crippen LogP contribution is -2.30. The van der Waals surface area contributed by atoms with Crippen molar-refractivity contribution < 1.29 is 0 Å². The number of rotatable bonds is 7. The average molecular weight is 374 g/mol. The molecule has 0 unspecified atom stereocenters. The first-order valence-corrected chi connectivity index (χ1v) is 10.8. The second-order valence-corrected chi connectivity index (χ2v) is 8.69. The number of aliphatic imine (C=N–C) groups is 1. The zero-order chi connectivity index (χ0) is 20.3. The van der Waals surface area contributed by atoms with Gasteiger partial charge in [0.05, 0.1) is 6.54 Å². The maximum Gasteiger partial charge on any atom is 0.0606 e. The monoisotopic (exact) mass is 373 g/mol. The molecule has 0 bridgehead atoms. The lowest BCUT2D eigenvalue weighted by Gasteiger charge is -2.30. The van der Waals surface area contributed by atoms with Crippen molar-refractivity contribution in [2.75, 3.05) is 6.54 Å². The highest BCUT2D eigenvalue weighted by atomic mass is 14.8. The van der Waals surface area contributed by atoms with Gasteiger partial charge >= 0.3 is 0 Å². The van der Waals surface area contributed by atoms with Gasteiger partial charge in [0, 0.05) is 11.1 Å². The molecule has 0 N–H and O–H groups in total. The summed E-state index contributed by atoms with van der Waals surface area (Å²) >= 11 is 0. The third kappa shape index (κ3) is 3.85. The van der Waals surface area contributed by atoms with Crippen LogP contribution in [0.5, 0.6) is 0 Å². The normalized spacial score (nSPS) is 14.6. The molecule has 1 aliphatic heterocycles. The fourth-order valence-corrected chi connectivity index (χ4v) is 4.40. The van der Waals surface area contributed by atoms with E-state index in [1.807, 2.05) is 0 Å². The molecule has 0 spiro atoms. The van der Waals surface area contributed by atoms with Gasteiger partial charge in [0.2, 0.25) is 0 Å². The molecule has 0 atom stereocenters. The van der Waals surface area contributed by atoms with Gasteiger partial charge in [-0.25, -0.2) is 0 Å². The van der Waals surface area contributed by atoms with Crippen LogP contribution in [-0.4, -0.2) is 12.3 Å². The van der Waals surface area contributed by atoms with Crippen LogP contribution in [0, 0.1) is 0 Å². The lowest BCUT2D eigenvalue weighted by molar-refractivity contribution is 0.718. The Hall–Kier alpha value is -2.15. The van der Waals surface area contributed by atoms with Crippen LogP contribution in [0.1, 0.15) is 71.1 Å². The van der Waals surface area contributed by atoms with Crippen LogP contribution in [0.25, 0.3) is 11.1 Å². The van der Waals surface area contributed by atoms with Crippen LogP contribution in [0.3, 0.4) is 0 Å². The molecule has 1 heteroatoms. The van der Waals surface area contributed by atoms with E-state index in [2.05, 4.69) is 84.0 Å². The summed E-state index contributed by atoms with van der Waals surface area (Å²) in [6.45, 7) is 14.5. The van der Waals surface area contributed by atoms with Gasteiger partial charge in [-0.2, -0.15) is 0 Å². The van der Waals surface area contributed by atoms with E-state index in [-0.39, 0.29) is 5.41 Å². The number of hydrogen-bond acceptors (Lipinski definition) is 1. The number of hydrogen-bond donors (Lipinski definition) is 0. The molecule has 0 amide bonds. The first-order chi connectivity index (χ1) is 13.4. The minimum Gasteiger partial charge on any atom is -0.284 e. The van der Waals surface area contributed by atoms with Crippen LogP contribution < -0.4 is 0 Å². The second kappa shape index (κ2) is 8.47. The van der Waals surface area contributed by atoms with Gasteiger partial charge in [0.1, 0.15) is 0 Å². The van der Waals surface area contributed by atoms with E-state index < -0.39 is 0 Å². The Balaban J connectivity index is 2.14. The lowest BCUT2D eigenvalue weighted by atomic mass is 9.74. The van der Waals surface area contributed by atoms with Crippen LogP contribution in [0.2, 0.25) is 0 Å². The molecular weight excluding hydrogens is 338 g/mol. The molecule has 1 heterocycles. The van der Waals surface area contributed by atoms with Crippen molar-refractivity contribution in [1.82, 2.24) is 0 Å². The van der Waals surface area contributed by atoms with Gasteiger partial charge in [0.15, 0.2) is 0 Å². The van der Waals surface area contributed by atoms with Crippen LogP contribution in [-0.2, 0) is 18.3 Å². The van der Waals surface area contributed by atoms with Crippen molar-refractivity contribution in [2.24, 2.45) is 4.99 Å². The van der Waals surface area contributed by atoms with Gasteiger partial charge < -0.3 is 0 Å². The first kappa shape index (κ1) is 20.6. The van der Waals surface area contributed by atoms with Crippen molar-refractivity contribution in [3.8, 4) is 11.1 Å². The highest BCUT2D eigenvalue weighted by Gasteiger charge is 2.33. The van der Waals surface area contributed by atoms with Crippen molar-refractivity contribution in [3.05, 3.63) is 70.3 Å². The van der Waals surface area contributed by atoms with Crippen molar-refractivity contribution in [3.63, 3.8) is 0 Å². The van der Waals surface area contributed by atoms with E-state index in [0.717, 1.165) is 19.4 Å². The number of aryl methyl sites for hydroxylation is 2. The summed E-state index contributed by atoms with van der Waals surface area (Å²) < 4.78 is 0. The number of benzene rings is 2. The molecule has 3 rings (SSSR count). The number of nitrogens with zero attached hydrogens (tertiary/aromatic N) is 1. The fraction of sp³-hybridized carbons (Fsp3) is 0.444. The second-order valence-electron chi connectivity index (χ2n) is 8.69. The molecule has 0 saturated heterocycles. The molecular formula is C27H35N. The molecule has 2 aromatic carbocycles. The summed E-state index contributed by atoms with van der Waals surface area (Å²) in [5.74, 6) is 0. The van der Waals surface area contributed by atoms with Crippen LogP contribution >= 0.6 is 0 Å². The maximum atomic E-state index is 4.92. The SMILES string of the molecule is CCCCc1cc(CC)ccc1-c1ccccc1C(C)(C)C1=NCC(C)=C1C. The third-order valence-electron chi connectivity index (χ3n) is 6.33. The van der Waals surface area contributed by atoms with E-state index in [0.29, 0.717) is 0 Å². The topological polar surface area (TPSA) is 12.4 Å². The van der Waals surface area contributed by atoms with Gasteiger partial charge in [0.25, 0.3) is 0 Å². The van der Waals surface area contributed by atoms with E-state index in [1.54, 1.807) is 0 Å². The Morgan fingerprint density at radius 3 is 2.36 bits per heavy atom. The third-order valence-corrected chi connectivity index (χ3v) is 6.33. The Morgan fingerprint density at radius 2 is 1.71 bits per heavy atom. The minimum atomic E-state index is -0.107. The molecule has 0 aromatic heterocycles.